The van der Waals surface area contributed by atoms with E-state index in [1.165, 1.54) is 3.87 Å². The molecule has 0 rings (SSSR count). The summed E-state index contributed by atoms with van der Waals surface area (Å²) < 4.78 is 1.22. The van der Waals surface area contributed by atoms with Gasteiger partial charge < -0.3 is 0 Å². The standard InChI is InChI=1S/C4H9NSSe/c1-5(2)4(7)6-3/h1-3H3. The maximum atomic E-state index is 2.93. The molecule has 0 saturated heterocycles. The second-order valence-electron chi connectivity index (χ2n) is 1.36. The monoisotopic (exact) mass is 183 g/mol. The molecule has 0 spiro atoms. The predicted octanol–water partition coefficient (Wildman–Crippen LogP) is 0.167. The van der Waals surface area contributed by atoms with E-state index in [4.69, 9.17) is 0 Å². The molecule has 0 aliphatic rings. The van der Waals surface area contributed by atoms with E-state index in [1.54, 1.807) is 11.8 Å². The van der Waals surface area contributed by atoms with E-state index in [2.05, 4.69) is 15.6 Å². The molecule has 0 unspecified atom stereocenters. The zero-order valence-electron chi connectivity index (χ0n) is 4.76. The van der Waals surface area contributed by atoms with Crippen molar-refractivity contribution < 1.29 is 0 Å². The Balaban J connectivity index is 3.35. The van der Waals surface area contributed by atoms with Gasteiger partial charge >= 0.3 is 56.5 Å². The number of nitrogens with zero attached hydrogens (tertiary/aromatic N) is 1. The van der Waals surface area contributed by atoms with E-state index in [-0.39, 0.29) is 0 Å². The summed E-state index contributed by atoms with van der Waals surface area (Å²) in [5, 5.41) is 0. The van der Waals surface area contributed by atoms with Crippen molar-refractivity contribution in [3.8, 4) is 0 Å². The summed E-state index contributed by atoms with van der Waals surface area (Å²) >= 11 is 4.65. The molecule has 3 heteroatoms. The topological polar surface area (TPSA) is 3.24 Å². The van der Waals surface area contributed by atoms with Crippen molar-refractivity contribution >= 4 is 31.2 Å². The van der Waals surface area contributed by atoms with Gasteiger partial charge in [0.05, 0.1) is 0 Å². The zero-order valence-corrected chi connectivity index (χ0v) is 7.29. The summed E-state index contributed by atoms with van der Waals surface area (Å²) in [7, 11) is 4.03. The van der Waals surface area contributed by atoms with Crippen LogP contribution < -0.4 is 0 Å². The van der Waals surface area contributed by atoms with Gasteiger partial charge in [-0.1, -0.05) is 0 Å². The van der Waals surface area contributed by atoms with Crippen LogP contribution in [0.4, 0.5) is 0 Å². The van der Waals surface area contributed by atoms with Crippen molar-refractivity contribution in [2.45, 2.75) is 0 Å². The molecular formula is C4H9NSSe. The van der Waals surface area contributed by atoms with Crippen molar-refractivity contribution in [2.24, 2.45) is 0 Å². The van der Waals surface area contributed by atoms with Crippen LogP contribution in [0.15, 0.2) is 0 Å². The van der Waals surface area contributed by atoms with Crippen LogP contribution in [0.5, 0.6) is 0 Å². The van der Waals surface area contributed by atoms with Crippen LogP contribution in [0.2, 0.25) is 0 Å². The Kier molecular flexibility index (Phi) is 3.80. The third-order valence-corrected chi connectivity index (χ3v) is 3.07. The number of thioether (sulfide) groups is 1. The molecule has 0 radical (unpaired) electrons. The van der Waals surface area contributed by atoms with Crippen LogP contribution in [0.1, 0.15) is 0 Å². The molecule has 0 heterocycles. The molecular weight excluding hydrogens is 173 g/mol. The molecule has 7 heavy (non-hydrogen) atoms. The fourth-order valence-corrected chi connectivity index (χ4v) is 0.548. The molecule has 0 aromatic carbocycles. The molecule has 0 fully saturated rings. The Morgan fingerprint density at radius 1 is 1.57 bits per heavy atom. The van der Waals surface area contributed by atoms with Crippen LogP contribution in [0.3, 0.4) is 0 Å². The van der Waals surface area contributed by atoms with Gasteiger partial charge in [-0.25, -0.2) is 0 Å². The molecule has 0 bridgehead atoms. The SMILES string of the molecule is CSC(=[Se])N(C)C. The van der Waals surface area contributed by atoms with Crippen molar-refractivity contribution in [3.05, 3.63) is 0 Å². The summed E-state index contributed by atoms with van der Waals surface area (Å²) in [4.78, 5) is 2.05. The van der Waals surface area contributed by atoms with Crippen LogP contribution in [-0.2, 0) is 0 Å². The third-order valence-electron chi connectivity index (χ3n) is 0.540. The Labute approximate surface area is 56.8 Å². The minimum absolute atomic E-state index is 1.22. The summed E-state index contributed by atoms with van der Waals surface area (Å²) in [5.74, 6) is 0. The van der Waals surface area contributed by atoms with Crippen molar-refractivity contribution in [1.82, 2.24) is 4.90 Å². The van der Waals surface area contributed by atoms with Crippen LogP contribution in [-0.4, -0.2) is 44.7 Å². The second kappa shape index (κ2) is 3.53. The van der Waals surface area contributed by atoms with Gasteiger partial charge in [0.25, 0.3) is 0 Å². The average molecular weight is 182 g/mol. The van der Waals surface area contributed by atoms with Crippen LogP contribution >= 0.6 is 11.8 Å². The average Bonchev–Trinajstić information content (AvgIpc) is 1.65. The van der Waals surface area contributed by atoms with Gasteiger partial charge in [-0.2, -0.15) is 0 Å². The van der Waals surface area contributed by atoms with Gasteiger partial charge in [-0.05, 0) is 0 Å². The Morgan fingerprint density at radius 2 is 2.00 bits per heavy atom. The van der Waals surface area contributed by atoms with E-state index in [9.17, 15) is 0 Å². The molecule has 1 nitrogen and oxygen atoms in total. The Morgan fingerprint density at radius 3 is 2.00 bits per heavy atom. The molecule has 0 N–H and O–H groups in total. The van der Waals surface area contributed by atoms with Gasteiger partial charge in [-0.3, -0.25) is 0 Å². The van der Waals surface area contributed by atoms with E-state index in [1.807, 2.05) is 25.3 Å². The summed E-state index contributed by atoms with van der Waals surface area (Å²) in [6.07, 6.45) is 2.05. The first-order valence-electron chi connectivity index (χ1n) is 1.93. The van der Waals surface area contributed by atoms with E-state index in [0.717, 1.165) is 0 Å². The zero-order chi connectivity index (χ0) is 5.86. The quantitative estimate of drug-likeness (QED) is 0.560. The third kappa shape index (κ3) is 3.15. The predicted molar refractivity (Wildman–Crippen MR) is 38.0 cm³/mol. The first-order valence-corrected chi connectivity index (χ1v) is 4.02. The molecule has 0 aliphatic heterocycles. The van der Waals surface area contributed by atoms with Crippen molar-refractivity contribution in [3.63, 3.8) is 0 Å². The van der Waals surface area contributed by atoms with Gasteiger partial charge in [0, 0.05) is 0 Å². The van der Waals surface area contributed by atoms with Gasteiger partial charge in [-0.15, -0.1) is 0 Å². The second-order valence-corrected chi connectivity index (χ2v) is 3.55. The fraction of sp³-hybridized carbons (Fsp3) is 0.750. The van der Waals surface area contributed by atoms with Crippen molar-refractivity contribution in [2.75, 3.05) is 20.4 Å². The molecule has 0 aliphatic carbocycles. The summed E-state index contributed by atoms with van der Waals surface area (Å²) in [6, 6.07) is 0. The Bertz CT molecular complexity index is 72.1. The normalized spacial score (nSPS) is 8.43. The molecule has 0 saturated carbocycles. The molecule has 0 aromatic rings. The van der Waals surface area contributed by atoms with Crippen molar-refractivity contribution in [1.29, 1.82) is 0 Å². The van der Waals surface area contributed by atoms with Crippen LogP contribution in [0, 0.1) is 0 Å². The number of rotatable bonds is 2. The van der Waals surface area contributed by atoms with Crippen LogP contribution in [0.25, 0.3) is 0 Å². The number of hydrogen-bond acceptors (Lipinski definition) is 2. The van der Waals surface area contributed by atoms with E-state index >= 15 is 0 Å². The van der Waals surface area contributed by atoms with Gasteiger partial charge in [0.15, 0.2) is 0 Å². The summed E-state index contributed by atoms with van der Waals surface area (Å²) in [6.45, 7) is 0. The first kappa shape index (κ1) is 7.54. The molecule has 0 aromatic heterocycles. The molecule has 0 atom stereocenters. The molecule has 42 valence electrons. The summed E-state index contributed by atoms with van der Waals surface area (Å²) in [5.41, 5.74) is 0. The van der Waals surface area contributed by atoms with E-state index in [0.29, 0.717) is 0 Å². The number of hydrogen-bond donors (Lipinski definition) is 0. The molecule has 0 amide bonds. The Hall–Kier alpha value is 0.539. The van der Waals surface area contributed by atoms with Gasteiger partial charge in [0.2, 0.25) is 0 Å². The minimum atomic E-state index is 1.22. The first-order chi connectivity index (χ1) is 3.18. The van der Waals surface area contributed by atoms with E-state index < -0.39 is 0 Å². The fourth-order valence-electron chi connectivity index (χ4n) is 0.183. The van der Waals surface area contributed by atoms with Gasteiger partial charge in [0.1, 0.15) is 0 Å². The maximum absolute atomic E-state index is 2.93.